The highest BCUT2D eigenvalue weighted by molar-refractivity contribution is 7.98. The Hall–Kier alpha value is -1.60. The van der Waals surface area contributed by atoms with Crippen molar-refractivity contribution in [1.82, 2.24) is 4.90 Å². The molecule has 0 aliphatic heterocycles. The molecule has 0 bridgehead atoms. The quantitative estimate of drug-likeness (QED) is 0.553. The number of hydrogen-bond acceptors (Lipinski definition) is 6. The van der Waals surface area contributed by atoms with Crippen LogP contribution in [0.1, 0.15) is 18.9 Å². The van der Waals surface area contributed by atoms with Crippen molar-refractivity contribution >= 4 is 41.0 Å². The van der Waals surface area contributed by atoms with Gasteiger partial charge >= 0.3 is 12.1 Å². The molecule has 5 nitrogen and oxygen atoms in total. The van der Waals surface area contributed by atoms with Crippen LogP contribution in [0, 0.1) is 0 Å². The maximum Gasteiger partial charge on any atom is 0.415 e. The minimum absolute atomic E-state index is 0.120. The van der Waals surface area contributed by atoms with Crippen molar-refractivity contribution in [2.75, 3.05) is 19.1 Å². The van der Waals surface area contributed by atoms with Gasteiger partial charge < -0.3 is 9.47 Å². The van der Waals surface area contributed by atoms with Gasteiger partial charge in [0.1, 0.15) is 12.6 Å². The van der Waals surface area contributed by atoms with Crippen LogP contribution in [0.4, 0.5) is 4.79 Å². The molecule has 1 aromatic carbocycles. The summed E-state index contributed by atoms with van der Waals surface area (Å²) < 4.78 is 10.00. The normalized spacial score (nSPS) is 11.4. The first-order valence-electron chi connectivity index (χ1n) is 7.10. The molecular formula is C16H21NO4S2. The molecule has 1 amide bonds. The molecule has 0 N–H and O–H groups in total. The second-order valence-corrected chi connectivity index (χ2v) is 6.20. The van der Waals surface area contributed by atoms with Gasteiger partial charge in [-0.1, -0.05) is 42.5 Å². The molecule has 0 heterocycles. The van der Waals surface area contributed by atoms with E-state index in [1.54, 1.807) is 18.7 Å². The van der Waals surface area contributed by atoms with E-state index in [0.717, 1.165) is 11.3 Å². The number of esters is 1. The Bertz CT molecular complexity index is 536. The summed E-state index contributed by atoms with van der Waals surface area (Å²) in [5.41, 5.74) is 0.863. The third-order valence-corrected chi connectivity index (χ3v) is 4.13. The lowest BCUT2D eigenvalue weighted by atomic mass is 10.2. The van der Waals surface area contributed by atoms with E-state index in [2.05, 4.69) is 0 Å². The molecule has 0 aliphatic rings. The zero-order valence-electron chi connectivity index (χ0n) is 13.5. The Morgan fingerprint density at radius 2 is 1.96 bits per heavy atom. The number of nitrogens with zero attached hydrogens (tertiary/aromatic N) is 1. The van der Waals surface area contributed by atoms with Crippen molar-refractivity contribution in [2.45, 2.75) is 26.0 Å². The monoisotopic (exact) mass is 355 g/mol. The van der Waals surface area contributed by atoms with Gasteiger partial charge in [0.05, 0.1) is 12.1 Å². The lowest BCUT2D eigenvalue weighted by Gasteiger charge is -2.27. The largest absolute Gasteiger partial charge is 0.467 e. The minimum atomic E-state index is -0.822. The summed E-state index contributed by atoms with van der Waals surface area (Å²) in [4.78, 5) is 25.7. The number of hydrogen-bond donors (Lipinski definition) is 0. The van der Waals surface area contributed by atoms with Crippen LogP contribution in [0.2, 0.25) is 0 Å². The van der Waals surface area contributed by atoms with Crippen LogP contribution in [0.3, 0.4) is 0 Å². The third kappa shape index (κ3) is 6.19. The van der Waals surface area contributed by atoms with E-state index in [1.165, 1.54) is 12.0 Å². The molecule has 1 aromatic rings. The van der Waals surface area contributed by atoms with E-state index in [-0.39, 0.29) is 6.61 Å². The number of carbonyl (C=O) groups is 2. The molecular weight excluding hydrogens is 334 g/mol. The van der Waals surface area contributed by atoms with E-state index in [4.69, 9.17) is 21.7 Å². The number of carbonyl (C=O) groups excluding carboxylic acids is 2. The number of ether oxygens (including phenoxy) is 2. The Balaban J connectivity index is 2.78. The van der Waals surface area contributed by atoms with Gasteiger partial charge in [0, 0.05) is 6.42 Å². The number of thiocarbonyl (C=S) groups is 1. The van der Waals surface area contributed by atoms with Gasteiger partial charge in [0.15, 0.2) is 0 Å². The molecule has 0 radical (unpaired) electrons. The average Bonchev–Trinajstić information content (AvgIpc) is 2.58. The molecule has 0 saturated heterocycles. The predicted octanol–water partition coefficient (Wildman–Crippen LogP) is 3.27. The van der Waals surface area contributed by atoms with Crippen molar-refractivity contribution in [1.29, 1.82) is 0 Å². The Morgan fingerprint density at radius 1 is 1.30 bits per heavy atom. The fourth-order valence-electron chi connectivity index (χ4n) is 1.85. The topological polar surface area (TPSA) is 55.8 Å². The molecule has 0 aliphatic carbocycles. The maximum absolute atomic E-state index is 12.4. The molecule has 0 saturated carbocycles. The van der Waals surface area contributed by atoms with Crippen molar-refractivity contribution in [2.24, 2.45) is 0 Å². The zero-order valence-corrected chi connectivity index (χ0v) is 15.1. The van der Waals surface area contributed by atoms with Gasteiger partial charge in [-0.25, -0.2) is 9.59 Å². The van der Waals surface area contributed by atoms with Gasteiger partial charge in [-0.15, -0.1) is 0 Å². The number of methoxy groups -OCH3 is 1. The van der Waals surface area contributed by atoms with Crippen LogP contribution in [0.25, 0.3) is 0 Å². The van der Waals surface area contributed by atoms with Crippen molar-refractivity contribution < 1.29 is 19.1 Å². The summed E-state index contributed by atoms with van der Waals surface area (Å²) in [7, 11) is 1.28. The highest BCUT2D eigenvalue weighted by Gasteiger charge is 2.30. The van der Waals surface area contributed by atoms with Gasteiger partial charge in [-0.2, -0.15) is 11.8 Å². The summed E-state index contributed by atoms with van der Waals surface area (Å²) in [5.74, 6) is 0.225. The zero-order chi connectivity index (χ0) is 17.2. The average molecular weight is 355 g/mol. The fraction of sp³-hybridized carbons (Fsp3) is 0.438. The number of benzene rings is 1. The highest BCUT2D eigenvalue weighted by atomic mass is 32.2. The number of rotatable bonds is 7. The Morgan fingerprint density at radius 3 is 2.52 bits per heavy atom. The second kappa shape index (κ2) is 10.2. The van der Waals surface area contributed by atoms with Crippen LogP contribution in [-0.4, -0.2) is 47.1 Å². The predicted molar refractivity (Wildman–Crippen MR) is 95.5 cm³/mol. The van der Waals surface area contributed by atoms with E-state index < -0.39 is 18.1 Å². The van der Waals surface area contributed by atoms with E-state index >= 15 is 0 Å². The molecule has 0 fully saturated rings. The van der Waals surface area contributed by atoms with Crippen LogP contribution < -0.4 is 0 Å². The lowest BCUT2D eigenvalue weighted by Crippen LogP contribution is -2.47. The van der Waals surface area contributed by atoms with E-state index in [0.29, 0.717) is 11.4 Å². The van der Waals surface area contributed by atoms with Crippen molar-refractivity contribution in [3.8, 4) is 0 Å². The number of amides is 1. The summed E-state index contributed by atoms with van der Waals surface area (Å²) in [6.07, 6.45) is 1.82. The highest BCUT2D eigenvalue weighted by Crippen LogP contribution is 2.12. The molecule has 0 spiro atoms. The molecule has 126 valence electrons. The smallest absolute Gasteiger partial charge is 0.415 e. The van der Waals surface area contributed by atoms with Crippen LogP contribution in [0.15, 0.2) is 30.3 Å². The summed E-state index contributed by atoms with van der Waals surface area (Å²) in [6.45, 7) is 1.69. The first-order chi connectivity index (χ1) is 11.0. The van der Waals surface area contributed by atoms with Gasteiger partial charge in [0.2, 0.25) is 0 Å². The first kappa shape index (κ1) is 19.4. The van der Waals surface area contributed by atoms with Crippen LogP contribution >= 0.6 is 24.0 Å². The second-order valence-electron chi connectivity index (χ2n) is 4.75. The maximum atomic E-state index is 12.4. The standard InChI is InChI=1S/C16H21NO4S2/c1-12(15(18)20-2)17(14(22)9-10-23-3)16(19)21-11-13-7-5-4-6-8-13/h4-8,12H,9-11H2,1-3H3/t12-/m0/s1. The molecule has 1 atom stereocenters. The van der Waals surface area contributed by atoms with Gasteiger partial charge in [0.25, 0.3) is 0 Å². The van der Waals surface area contributed by atoms with E-state index in [1.807, 2.05) is 36.6 Å². The van der Waals surface area contributed by atoms with Crippen LogP contribution in [-0.2, 0) is 20.9 Å². The third-order valence-electron chi connectivity index (χ3n) is 3.12. The molecule has 1 rings (SSSR count). The molecule has 0 aromatic heterocycles. The minimum Gasteiger partial charge on any atom is -0.467 e. The lowest BCUT2D eigenvalue weighted by molar-refractivity contribution is -0.144. The fourth-order valence-corrected chi connectivity index (χ4v) is 2.71. The summed E-state index contributed by atoms with van der Waals surface area (Å²) >= 11 is 6.91. The molecule has 7 heteroatoms. The van der Waals surface area contributed by atoms with E-state index in [9.17, 15) is 9.59 Å². The van der Waals surface area contributed by atoms with Gasteiger partial charge in [-0.05, 0) is 24.5 Å². The molecule has 23 heavy (non-hydrogen) atoms. The van der Waals surface area contributed by atoms with Gasteiger partial charge in [-0.3, -0.25) is 4.90 Å². The number of thioether (sulfide) groups is 1. The molecule has 0 unspecified atom stereocenters. The summed E-state index contributed by atoms with van der Waals surface area (Å²) in [5, 5.41) is 0. The summed E-state index contributed by atoms with van der Waals surface area (Å²) in [6, 6.07) is 8.50. The van der Waals surface area contributed by atoms with Crippen molar-refractivity contribution in [3.05, 3.63) is 35.9 Å². The SMILES string of the molecule is COC(=O)[C@H](C)N(C(=O)OCc1ccccc1)C(=S)CCSC. The first-order valence-corrected chi connectivity index (χ1v) is 8.91. The van der Waals surface area contributed by atoms with Crippen LogP contribution in [0.5, 0.6) is 0 Å². The Labute approximate surface area is 146 Å². The Kier molecular flexibility index (Phi) is 8.65. The van der Waals surface area contributed by atoms with Crippen molar-refractivity contribution in [3.63, 3.8) is 0 Å².